The average molecular weight is 585 g/mol. The minimum Gasteiger partial charge on any atom is -0.454 e. The van der Waals surface area contributed by atoms with Gasteiger partial charge in [-0.3, -0.25) is 19.3 Å². The second kappa shape index (κ2) is 10.9. The van der Waals surface area contributed by atoms with Crippen LogP contribution in [0.25, 0.3) is 22.2 Å². The maximum absolute atomic E-state index is 13.2. The van der Waals surface area contributed by atoms with E-state index < -0.39 is 12.6 Å². The number of pyridine rings is 1. The van der Waals surface area contributed by atoms with E-state index in [1.165, 1.54) is 4.90 Å². The van der Waals surface area contributed by atoms with E-state index in [2.05, 4.69) is 4.98 Å². The SMILES string of the molecule is O=C(COC(=O)c1cc(-c2ccc(N3C(=O)C4CC=CCC4C3=O)cc2)nc2c(Cl)cccc12)c1ccc(Cl)cc1. The second-order valence-corrected chi connectivity index (χ2v) is 10.8. The number of ketones is 1. The third kappa shape index (κ3) is 5.03. The summed E-state index contributed by atoms with van der Waals surface area (Å²) in [7, 11) is 0. The number of rotatable bonds is 6. The van der Waals surface area contributed by atoms with Crippen molar-refractivity contribution in [2.45, 2.75) is 12.8 Å². The quantitative estimate of drug-likeness (QED) is 0.108. The van der Waals surface area contributed by atoms with Crippen molar-refractivity contribution in [1.82, 2.24) is 4.98 Å². The van der Waals surface area contributed by atoms with E-state index in [9.17, 15) is 19.2 Å². The molecule has 1 fully saturated rings. The van der Waals surface area contributed by atoms with Crippen LogP contribution in [0.3, 0.4) is 0 Å². The number of allylic oxidation sites excluding steroid dienone is 2. The average Bonchev–Trinajstić information content (AvgIpc) is 3.25. The summed E-state index contributed by atoms with van der Waals surface area (Å²) in [6.07, 6.45) is 5.03. The molecule has 41 heavy (non-hydrogen) atoms. The number of carbonyl (C=O) groups is 4. The molecule has 1 aliphatic carbocycles. The van der Waals surface area contributed by atoms with Gasteiger partial charge in [0.1, 0.15) is 0 Å². The maximum atomic E-state index is 13.2. The van der Waals surface area contributed by atoms with Crippen LogP contribution in [0.4, 0.5) is 5.69 Å². The Morgan fingerprint density at radius 2 is 1.54 bits per heavy atom. The van der Waals surface area contributed by atoms with Gasteiger partial charge in [-0.1, -0.05) is 59.6 Å². The summed E-state index contributed by atoms with van der Waals surface area (Å²) < 4.78 is 5.39. The lowest BCUT2D eigenvalue weighted by molar-refractivity contribution is -0.122. The van der Waals surface area contributed by atoms with Gasteiger partial charge in [-0.2, -0.15) is 0 Å². The zero-order chi connectivity index (χ0) is 28.7. The molecule has 2 aliphatic rings. The third-order valence-corrected chi connectivity index (χ3v) is 8.00. The fraction of sp³-hybridized carbons (Fsp3) is 0.156. The molecule has 1 saturated heterocycles. The summed E-state index contributed by atoms with van der Waals surface area (Å²) in [6.45, 7) is -0.454. The molecule has 0 bridgehead atoms. The molecule has 2 amide bonds. The number of hydrogen-bond donors (Lipinski definition) is 0. The first-order chi connectivity index (χ1) is 19.8. The molecule has 0 saturated carbocycles. The highest BCUT2D eigenvalue weighted by atomic mass is 35.5. The largest absolute Gasteiger partial charge is 0.454 e. The van der Waals surface area contributed by atoms with Crippen LogP contribution in [0, 0.1) is 11.8 Å². The van der Waals surface area contributed by atoms with Gasteiger partial charge >= 0.3 is 5.97 Å². The molecule has 2 atom stereocenters. The van der Waals surface area contributed by atoms with Crippen LogP contribution in [0.5, 0.6) is 0 Å². The van der Waals surface area contributed by atoms with Gasteiger partial charge in [-0.25, -0.2) is 9.78 Å². The first-order valence-corrected chi connectivity index (χ1v) is 13.8. The van der Waals surface area contributed by atoms with E-state index in [0.29, 0.717) is 56.3 Å². The van der Waals surface area contributed by atoms with Gasteiger partial charge in [-0.15, -0.1) is 0 Å². The number of imide groups is 1. The Balaban J connectivity index is 1.29. The van der Waals surface area contributed by atoms with Crippen LogP contribution in [0.1, 0.15) is 33.6 Å². The molecule has 6 rings (SSSR count). The Bertz CT molecular complexity index is 1720. The Morgan fingerprint density at radius 3 is 2.20 bits per heavy atom. The zero-order valence-electron chi connectivity index (χ0n) is 21.6. The fourth-order valence-corrected chi connectivity index (χ4v) is 5.64. The van der Waals surface area contributed by atoms with Crippen LogP contribution in [-0.2, 0) is 14.3 Å². The summed E-state index contributed by atoms with van der Waals surface area (Å²) in [4.78, 5) is 57.7. The number of esters is 1. The van der Waals surface area contributed by atoms with E-state index in [1.807, 2.05) is 12.2 Å². The Morgan fingerprint density at radius 1 is 0.878 bits per heavy atom. The maximum Gasteiger partial charge on any atom is 0.339 e. The Kier molecular flexibility index (Phi) is 7.15. The molecule has 0 spiro atoms. The van der Waals surface area contributed by atoms with Crippen LogP contribution in [0.2, 0.25) is 10.0 Å². The lowest BCUT2D eigenvalue weighted by Crippen LogP contribution is -2.30. The number of Topliss-reactive ketones (excluding diaryl/α,β-unsaturated/α-hetero) is 1. The van der Waals surface area contributed by atoms with E-state index in [4.69, 9.17) is 27.9 Å². The summed E-state index contributed by atoms with van der Waals surface area (Å²) in [5, 5.41) is 1.32. The summed E-state index contributed by atoms with van der Waals surface area (Å²) in [5.74, 6) is -2.10. The van der Waals surface area contributed by atoms with Crippen LogP contribution in [0.15, 0.2) is 84.9 Å². The standard InChI is InChI=1S/C32H22Cl2N2O5/c33-20-12-8-19(9-13-20)28(37)17-41-32(40)25-16-27(35-29-22(25)6-3-7-26(29)34)18-10-14-21(15-11-18)36-30(38)23-4-1-2-5-24(23)31(36)39/h1-3,6-16,23-24H,4-5,17H2. The molecule has 2 heterocycles. The summed E-state index contributed by atoms with van der Waals surface area (Å²) >= 11 is 12.3. The van der Waals surface area contributed by atoms with E-state index in [0.717, 1.165) is 0 Å². The van der Waals surface area contributed by atoms with Crippen molar-refractivity contribution < 1.29 is 23.9 Å². The first-order valence-electron chi connectivity index (χ1n) is 13.0. The van der Waals surface area contributed by atoms with Crippen molar-refractivity contribution in [2.75, 3.05) is 11.5 Å². The number of carbonyl (C=O) groups excluding carboxylic acids is 4. The lowest BCUT2D eigenvalue weighted by Gasteiger charge is -2.16. The first kappa shape index (κ1) is 26.9. The molecule has 9 heteroatoms. The molecule has 7 nitrogen and oxygen atoms in total. The number of para-hydroxylation sites is 1. The van der Waals surface area contributed by atoms with Crippen LogP contribution >= 0.6 is 23.2 Å². The predicted octanol–water partition coefficient (Wildman–Crippen LogP) is 6.70. The molecular weight excluding hydrogens is 563 g/mol. The molecule has 2 unspecified atom stereocenters. The number of hydrogen-bond acceptors (Lipinski definition) is 6. The molecule has 1 aliphatic heterocycles. The fourth-order valence-electron chi connectivity index (χ4n) is 5.29. The van der Waals surface area contributed by atoms with Gasteiger partial charge < -0.3 is 4.74 Å². The number of fused-ring (bicyclic) bond motifs is 2. The van der Waals surface area contributed by atoms with Crippen molar-refractivity contribution >= 4 is 63.4 Å². The topological polar surface area (TPSA) is 93.6 Å². The molecule has 204 valence electrons. The second-order valence-electron chi connectivity index (χ2n) is 9.91. The molecule has 4 aromatic rings. The van der Waals surface area contributed by atoms with Gasteiger partial charge in [0.05, 0.1) is 39.3 Å². The number of amides is 2. The van der Waals surface area contributed by atoms with Crippen molar-refractivity contribution in [3.8, 4) is 11.3 Å². The monoisotopic (exact) mass is 584 g/mol. The zero-order valence-corrected chi connectivity index (χ0v) is 23.1. The van der Waals surface area contributed by atoms with Crippen molar-refractivity contribution in [3.05, 3.63) is 106 Å². The molecule has 0 radical (unpaired) electrons. The number of halogens is 2. The minimum absolute atomic E-state index is 0.189. The number of nitrogens with zero attached hydrogens (tertiary/aromatic N) is 2. The van der Waals surface area contributed by atoms with Crippen molar-refractivity contribution in [3.63, 3.8) is 0 Å². The van der Waals surface area contributed by atoms with Crippen LogP contribution < -0.4 is 4.90 Å². The molecule has 3 aromatic carbocycles. The third-order valence-electron chi connectivity index (χ3n) is 7.44. The van der Waals surface area contributed by atoms with E-state index in [1.54, 1.807) is 72.8 Å². The number of ether oxygens (including phenoxy) is 1. The summed E-state index contributed by atoms with van der Waals surface area (Å²) in [6, 6.07) is 19.8. The van der Waals surface area contributed by atoms with E-state index in [-0.39, 0.29) is 35.0 Å². The van der Waals surface area contributed by atoms with Crippen LogP contribution in [-0.4, -0.2) is 35.2 Å². The molecular formula is C32H22Cl2N2O5. The lowest BCUT2D eigenvalue weighted by atomic mass is 9.85. The van der Waals surface area contributed by atoms with Gasteiger partial charge in [0.15, 0.2) is 12.4 Å². The van der Waals surface area contributed by atoms with Gasteiger partial charge in [0, 0.05) is 21.5 Å². The number of benzene rings is 3. The van der Waals surface area contributed by atoms with Gasteiger partial charge in [0.25, 0.3) is 0 Å². The van der Waals surface area contributed by atoms with Crippen molar-refractivity contribution in [1.29, 1.82) is 0 Å². The smallest absolute Gasteiger partial charge is 0.339 e. The van der Waals surface area contributed by atoms with Gasteiger partial charge in [-0.05, 0) is 61.4 Å². The summed E-state index contributed by atoms with van der Waals surface area (Å²) in [5.41, 5.74) is 2.52. The Labute approximate surface area is 245 Å². The number of aromatic nitrogens is 1. The van der Waals surface area contributed by atoms with E-state index >= 15 is 0 Å². The highest BCUT2D eigenvalue weighted by Gasteiger charge is 2.47. The highest BCUT2D eigenvalue weighted by molar-refractivity contribution is 6.35. The van der Waals surface area contributed by atoms with Gasteiger partial charge in [0.2, 0.25) is 11.8 Å². The Hall–Kier alpha value is -4.33. The molecule has 1 aromatic heterocycles. The number of anilines is 1. The normalized spacial score (nSPS) is 18.0. The van der Waals surface area contributed by atoms with Crippen molar-refractivity contribution in [2.24, 2.45) is 11.8 Å². The molecule has 0 N–H and O–H groups in total. The predicted molar refractivity (Wildman–Crippen MR) is 156 cm³/mol. The highest BCUT2D eigenvalue weighted by Crippen LogP contribution is 2.38. The minimum atomic E-state index is -0.704.